The lowest BCUT2D eigenvalue weighted by Crippen LogP contribution is -2.33. The highest BCUT2D eigenvalue weighted by Gasteiger charge is 2.33. The molecule has 0 bridgehead atoms. The third-order valence-electron chi connectivity index (χ3n) is 2.98. The Morgan fingerprint density at radius 1 is 1.58 bits per heavy atom. The van der Waals surface area contributed by atoms with Gasteiger partial charge in [-0.05, 0) is 18.9 Å². The van der Waals surface area contributed by atoms with Crippen molar-refractivity contribution < 1.29 is 9.72 Å². The summed E-state index contributed by atoms with van der Waals surface area (Å²) < 4.78 is 0. The van der Waals surface area contributed by atoms with Crippen LogP contribution in [-0.4, -0.2) is 28.3 Å². The van der Waals surface area contributed by atoms with Gasteiger partial charge in [0.25, 0.3) is 11.6 Å². The molecule has 0 saturated heterocycles. The molecule has 100 valence electrons. The Bertz CT molecular complexity index is 541. The first-order valence-electron chi connectivity index (χ1n) is 5.91. The minimum Gasteiger partial charge on any atom is -0.332 e. The predicted molar refractivity (Wildman–Crippen MR) is 72.4 cm³/mol. The maximum absolute atomic E-state index is 12.4. The number of rotatable bonds is 5. The normalized spacial score (nSPS) is 13.9. The second-order valence-electron chi connectivity index (χ2n) is 4.37. The third-order valence-corrected chi connectivity index (χ3v) is 3.38. The smallest absolute Gasteiger partial charge is 0.288 e. The van der Waals surface area contributed by atoms with Crippen molar-refractivity contribution in [1.82, 2.24) is 4.90 Å². The van der Waals surface area contributed by atoms with Crippen LogP contribution in [-0.2, 0) is 0 Å². The van der Waals surface area contributed by atoms with E-state index in [4.69, 9.17) is 11.6 Å². The number of carbonyl (C=O) groups is 1. The van der Waals surface area contributed by atoms with Crippen LogP contribution >= 0.6 is 11.6 Å². The zero-order chi connectivity index (χ0) is 14.0. The molecule has 0 heterocycles. The molecule has 1 amide bonds. The van der Waals surface area contributed by atoms with E-state index in [2.05, 4.69) is 6.58 Å². The van der Waals surface area contributed by atoms with E-state index in [1.807, 2.05) is 0 Å². The molecule has 0 unspecified atom stereocenters. The van der Waals surface area contributed by atoms with Crippen molar-refractivity contribution in [3.63, 3.8) is 0 Å². The van der Waals surface area contributed by atoms with Gasteiger partial charge in [-0.1, -0.05) is 23.7 Å². The van der Waals surface area contributed by atoms with Crippen LogP contribution in [0.25, 0.3) is 0 Å². The first-order chi connectivity index (χ1) is 9.06. The standard InChI is InChI=1S/C13H13ClN2O3/c1-2-8-15(9-6-7-9)13(17)10-4-3-5-11(12(10)14)16(18)19/h2-5,9H,1,6-8H2. The molecule has 1 saturated carbocycles. The number of halogens is 1. The number of benzene rings is 1. The fourth-order valence-corrected chi connectivity index (χ4v) is 2.18. The topological polar surface area (TPSA) is 63.5 Å². The van der Waals surface area contributed by atoms with Crippen LogP contribution in [0.1, 0.15) is 23.2 Å². The lowest BCUT2D eigenvalue weighted by Gasteiger charge is -2.21. The van der Waals surface area contributed by atoms with Crippen molar-refractivity contribution in [2.45, 2.75) is 18.9 Å². The Balaban J connectivity index is 2.34. The lowest BCUT2D eigenvalue weighted by atomic mass is 10.1. The molecule has 0 aliphatic heterocycles. The molecule has 6 heteroatoms. The Morgan fingerprint density at radius 2 is 2.26 bits per heavy atom. The molecule has 19 heavy (non-hydrogen) atoms. The van der Waals surface area contributed by atoms with E-state index in [0.717, 1.165) is 12.8 Å². The van der Waals surface area contributed by atoms with Crippen molar-refractivity contribution in [2.24, 2.45) is 0 Å². The zero-order valence-corrected chi connectivity index (χ0v) is 11.0. The highest BCUT2D eigenvalue weighted by molar-refractivity contribution is 6.35. The van der Waals surface area contributed by atoms with Gasteiger partial charge in [0.05, 0.1) is 10.5 Å². The van der Waals surface area contributed by atoms with Gasteiger partial charge in [0.1, 0.15) is 5.02 Å². The maximum Gasteiger partial charge on any atom is 0.288 e. The van der Waals surface area contributed by atoms with Crippen LogP contribution in [0.5, 0.6) is 0 Å². The van der Waals surface area contributed by atoms with Crippen molar-refractivity contribution in [1.29, 1.82) is 0 Å². The van der Waals surface area contributed by atoms with E-state index in [-0.39, 0.29) is 28.2 Å². The summed E-state index contributed by atoms with van der Waals surface area (Å²) in [5.41, 5.74) is -0.0773. The first kappa shape index (κ1) is 13.5. The Hall–Kier alpha value is -1.88. The summed E-state index contributed by atoms with van der Waals surface area (Å²) in [4.78, 5) is 24.3. The fourth-order valence-electron chi connectivity index (χ4n) is 1.90. The summed E-state index contributed by atoms with van der Waals surface area (Å²) in [6, 6.07) is 4.46. The fraction of sp³-hybridized carbons (Fsp3) is 0.308. The van der Waals surface area contributed by atoms with E-state index in [1.165, 1.54) is 18.2 Å². The summed E-state index contributed by atoms with van der Waals surface area (Å²) in [6.07, 6.45) is 3.54. The molecule has 0 spiro atoms. The highest BCUT2D eigenvalue weighted by Crippen LogP contribution is 2.32. The second kappa shape index (κ2) is 5.40. The number of hydrogen-bond donors (Lipinski definition) is 0. The van der Waals surface area contributed by atoms with Crippen LogP contribution in [0.4, 0.5) is 5.69 Å². The average molecular weight is 281 g/mol. The Kier molecular flexibility index (Phi) is 3.85. The van der Waals surface area contributed by atoms with Gasteiger partial charge < -0.3 is 4.90 Å². The van der Waals surface area contributed by atoms with Crippen molar-refractivity contribution in [3.8, 4) is 0 Å². The summed E-state index contributed by atoms with van der Waals surface area (Å²) in [5.74, 6) is -0.281. The molecule has 0 atom stereocenters. The summed E-state index contributed by atoms with van der Waals surface area (Å²) in [6.45, 7) is 4.04. The number of nitro benzene ring substituents is 1. The van der Waals surface area contributed by atoms with Crippen LogP contribution < -0.4 is 0 Å². The maximum atomic E-state index is 12.4. The van der Waals surface area contributed by atoms with Gasteiger partial charge >= 0.3 is 0 Å². The minimum absolute atomic E-state index is 0.104. The van der Waals surface area contributed by atoms with Crippen LogP contribution in [0.2, 0.25) is 5.02 Å². The molecule has 1 aromatic rings. The molecule has 1 aliphatic carbocycles. The van der Waals surface area contributed by atoms with Gasteiger partial charge in [0.2, 0.25) is 0 Å². The van der Waals surface area contributed by atoms with E-state index in [0.29, 0.717) is 6.54 Å². The quantitative estimate of drug-likeness (QED) is 0.473. The summed E-state index contributed by atoms with van der Waals surface area (Å²) >= 11 is 5.95. The van der Waals surface area contributed by atoms with Gasteiger partial charge in [-0.15, -0.1) is 6.58 Å². The molecule has 1 fully saturated rings. The van der Waals surface area contributed by atoms with E-state index in [1.54, 1.807) is 11.0 Å². The van der Waals surface area contributed by atoms with E-state index < -0.39 is 4.92 Å². The average Bonchev–Trinajstić information content (AvgIpc) is 3.19. The zero-order valence-electron chi connectivity index (χ0n) is 10.2. The number of hydrogen-bond acceptors (Lipinski definition) is 3. The number of carbonyl (C=O) groups excluding carboxylic acids is 1. The number of nitrogens with zero attached hydrogens (tertiary/aromatic N) is 2. The molecule has 1 aromatic carbocycles. The molecular weight excluding hydrogens is 268 g/mol. The third kappa shape index (κ3) is 2.76. The van der Waals surface area contributed by atoms with Crippen molar-refractivity contribution >= 4 is 23.2 Å². The first-order valence-corrected chi connectivity index (χ1v) is 6.28. The molecule has 0 radical (unpaired) electrons. The summed E-state index contributed by atoms with van der Waals surface area (Å²) in [5, 5.41) is 10.7. The largest absolute Gasteiger partial charge is 0.332 e. The van der Waals surface area contributed by atoms with Gasteiger partial charge in [-0.2, -0.15) is 0 Å². The SMILES string of the molecule is C=CCN(C(=O)c1cccc([N+](=O)[O-])c1Cl)C1CC1. The van der Waals surface area contributed by atoms with Crippen molar-refractivity contribution in [2.75, 3.05) is 6.54 Å². The highest BCUT2D eigenvalue weighted by atomic mass is 35.5. The van der Waals surface area contributed by atoms with Crippen molar-refractivity contribution in [3.05, 3.63) is 51.6 Å². The van der Waals surface area contributed by atoms with E-state index >= 15 is 0 Å². The lowest BCUT2D eigenvalue weighted by molar-refractivity contribution is -0.384. The summed E-state index contributed by atoms with van der Waals surface area (Å²) in [7, 11) is 0. The van der Waals surface area contributed by atoms with Gasteiger partial charge in [0, 0.05) is 18.7 Å². The minimum atomic E-state index is -0.589. The Labute approximate surface area is 115 Å². The van der Waals surface area contributed by atoms with E-state index in [9.17, 15) is 14.9 Å². The Morgan fingerprint density at radius 3 is 2.79 bits per heavy atom. The molecular formula is C13H13ClN2O3. The van der Waals surface area contributed by atoms with Crippen LogP contribution in [0.3, 0.4) is 0 Å². The number of nitro groups is 1. The van der Waals surface area contributed by atoms with Crippen LogP contribution in [0, 0.1) is 10.1 Å². The number of amides is 1. The molecule has 0 aromatic heterocycles. The van der Waals surface area contributed by atoms with Gasteiger partial charge in [-0.3, -0.25) is 14.9 Å². The van der Waals surface area contributed by atoms with Gasteiger partial charge in [-0.25, -0.2) is 0 Å². The van der Waals surface area contributed by atoms with Gasteiger partial charge in [0.15, 0.2) is 0 Å². The molecule has 1 aliphatic rings. The second-order valence-corrected chi connectivity index (χ2v) is 4.75. The molecule has 2 rings (SSSR count). The molecule has 0 N–H and O–H groups in total. The predicted octanol–water partition coefficient (Wildman–Crippen LogP) is 3.04. The monoisotopic (exact) mass is 280 g/mol. The van der Waals surface area contributed by atoms with Crippen LogP contribution in [0.15, 0.2) is 30.9 Å². The molecule has 5 nitrogen and oxygen atoms in total.